The summed E-state index contributed by atoms with van der Waals surface area (Å²) in [6.07, 6.45) is 0. The van der Waals surface area contributed by atoms with E-state index in [9.17, 15) is 5.26 Å². The van der Waals surface area contributed by atoms with Crippen molar-refractivity contribution in [3.05, 3.63) is 58.1 Å². The number of halogens is 2. The number of anilines is 1. The molecule has 2 aromatic carbocycles. The molecule has 5 nitrogen and oxygen atoms in total. The molecule has 3 rings (SSSR count). The maximum Gasteiger partial charge on any atom is 0.145 e. The molecule has 7 heteroatoms. The summed E-state index contributed by atoms with van der Waals surface area (Å²) in [7, 11) is 1.59. The number of benzene rings is 2. The number of rotatable bonds is 3. The van der Waals surface area contributed by atoms with Crippen LogP contribution in [0.3, 0.4) is 0 Å². The molecule has 0 aliphatic heterocycles. The topological polar surface area (TPSA) is 76.9 Å². The zero-order valence-electron chi connectivity index (χ0n) is 12.6. The van der Waals surface area contributed by atoms with E-state index >= 15 is 0 Å². The summed E-state index contributed by atoms with van der Waals surface area (Å²) >= 11 is 12.2. The van der Waals surface area contributed by atoms with E-state index in [2.05, 4.69) is 11.2 Å². The molecule has 24 heavy (non-hydrogen) atoms. The van der Waals surface area contributed by atoms with Gasteiger partial charge < -0.3 is 10.5 Å². The van der Waals surface area contributed by atoms with Crippen LogP contribution < -0.4 is 10.5 Å². The van der Waals surface area contributed by atoms with Crippen LogP contribution >= 0.6 is 23.2 Å². The Hall–Kier alpha value is -2.68. The summed E-state index contributed by atoms with van der Waals surface area (Å²) in [5.41, 5.74) is 8.08. The summed E-state index contributed by atoms with van der Waals surface area (Å²) in [4.78, 5) is 0. The lowest BCUT2D eigenvalue weighted by molar-refractivity contribution is 0.414. The molecule has 2 N–H and O–H groups in total. The fourth-order valence-corrected chi connectivity index (χ4v) is 2.83. The van der Waals surface area contributed by atoms with E-state index in [1.54, 1.807) is 49.6 Å². The van der Waals surface area contributed by atoms with Crippen LogP contribution in [0, 0.1) is 11.3 Å². The van der Waals surface area contributed by atoms with Crippen LogP contribution in [0.2, 0.25) is 10.0 Å². The van der Waals surface area contributed by atoms with Crippen LogP contribution in [0.1, 0.15) is 5.56 Å². The first-order valence-corrected chi connectivity index (χ1v) is 7.69. The van der Waals surface area contributed by atoms with E-state index in [-0.39, 0.29) is 11.4 Å². The average Bonchev–Trinajstić information content (AvgIpc) is 2.91. The summed E-state index contributed by atoms with van der Waals surface area (Å²) in [6.45, 7) is 0. The molecule has 1 heterocycles. The maximum absolute atomic E-state index is 9.48. The van der Waals surface area contributed by atoms with E-state index in [1.165, 1.54) is 4.68 Å². The van der Waals surface area contributed by atoms with Gasteiger partial charge in [0.15, 0.2) is 0 Å². The normalized spacial score (nSPS) is 10.4. The molecule has 0 amide bonds. The number of nitrogens with zero attached hydrogens (tertiary/aromatic N) is 3. The smallest absolute Gasteiger partial charge is 0.145 e. The van der Waals surface area contributed by atoms with Gasteiger partial charge in [0.1, 0.15) is 28.9 Å². The molecule has 0 saturated heterocycles. The highest BCUT2D eigenvalue weighted by Crippen LogP contribution is 2.34. The van der Waals surface area contributed by atoms with Gasteiger partial charge in [-0.1, -0.05) is 23.2 Å². The van der Waals surface area contributed by atoms with E-state index < -0.39 is 0 Å². The highest BCUT2D eigenvalue weighted by Gasteiger charge is 2.20. The molecular formula is C17H12Cl2N4O. The minimum absolute atomic E-state index is 0.240. The molecule has 3 aromatic rings. The van der Waals surface area contributed by atoms with Gasteiger partial charge in [-0.05, 0) is 42.5 Å². The van der Waals surface area contributed by atoms with Crippen molar-refractivity contribution in [2.45, 2.75) is 0 Å². The minimum Gasteiger partial charge on any atom is -0.497 e. The highest BCUT2D eigenvalue weighted by molar-refractivity contribution is 6.36. The second-order valence-electron chi connectivity index (χ2n) is 4.95. The molecule has 0 bridgehead atoms. The Balaban J connectivity index is 2.17. The van der Waals surface area contributed by atoms with Crippen molar-refractivity contribution >= 4 is 29.0 Å². The number of hydrogen-bond acceptors (Lipinski definition) is 4. The standard InChI is InChI=1S/C17H12Cl2N4O/c1-24-12-5-3-11(4-6-12)23-17(21)14(9-20)16(22-23)13-7-2-10(18)8-15(13)19/h2-8H,21H2,1H3. The van der Waals surface area contributed by atoms with Crippen LogP contribution in [0.15, 0.2) is 42.5 Å². The molecule has 1 aromatic heterocycles. The number of aromatic nitrogens is 2. The van der Waals surface area contributed by atoms with Crippen molar-refractivity contribution in [1.82, 2.24) is 9.78 Å². The van der Waals surface area contributed by atoms with Crippen molar-refractivity contribution in [3.63, 3.8) is 0 Å². The Morgan fingerprint density at radius 1 is 1.17 bits per heavy atom. The first-order chi connectivity index (χ1) is 11.5. The van der Waals surface area contributed by atoms with Gasteiger partial charge in [-0.2, -0.15) is 10.4 Å². The zero-order chi connectivity index (χ0) is 17.3. The quantitative estimate of drug-likeness (QED) is 0.756. The summed E-state index contributed by atoms with van der Waals surface area (Å²) in [6, 6.07) is 14.3. The second kappa shape index (κ2) is 6.44. The van der Waals surface area contributed by atoms with Gasteiger partial charge in [0.25, 0.3) is 0 Å². The molecule has 0 aliphatic carbocycles. The number of methoxy groups -OCH3 is 1. The summed E-state index contributed by atoms with van der Waals surface area (Å²) in [5, 5.41) is 14.8. The fourth-order valence-electron chi connectivity index (χ4n) is 2.33. The fraction of sp³-hybridized carbons (Fsp3) is 0.0588. The molecule has 0 spiro atoms. The maximum atomic E-state index is 9.48. The van der Waals surface area contributed by atoms with Gasteiger partial charge in [-0.15, -0.1) is 0 Å². The molecule has 0 unspecified atom stereocenters. The molecular weight excluding hydrogens is 347 g/mol. The lowest BCUT2D eigenvalue weighted by Gasteiger charge is -2.05. The number of ether oxygens (including phenoxy) is 1. The van der Waals surface area contributed by atoms with Crippen molar-refractivity contribution < 1.29 is 4.74 Å². The van der Waals surface area contributed by atoms with Crippen LogP contribution in [-0.2, 0) is 0 Å². The highest BCUT2D eigenvalue weighted by atomic mass is 35.5. The zero-order valence-corrected chi connectivity index (χ0v) is 14.1. The number of nitrogen functional groups attached to an aromatic ring is 1. The third kappa shape index (κ3) is 2.78. The third-order valence-corrected chi connectivity index (χ3v) is 4.08. The van der Waals surface area contributed by atoms with Crippen molar-refractivity contribution in [2.75, 3.05) is 12.8 Å². The van der Waals surface area contributed by atoms with Gasteiger partial charge in [0.05, 0.1) is 17.8 Å². The van der Waals surface area contributed by atoms with Crippen molar-refractivity contribution in [3.8, 4) is 28.8 Å². The first-order valence-electron chi connectivity index (χ1n) is 6.93. The lowest BCUT2D eigenvalue weighted by Crippen LogP contribution is -2.02. The minimum atomic E-state index is 0.240. The van der Waals surface area contributed by atoms with Gasteiger partial charge >= 0.3 is 0 Å². The third-order valence-electron chi connectivity index (χ3n) is 3.54. The Morgan fingerprint density at radius 2 is 1.88 bits per heavy atom. The van der Waals surface area contributed by atoms with Crippen LogP contribution in [0.5, 0.6) is 5.75 Å². The van der Waals surface area contributed by atoms with E-state index in [4.69, 9.17) is 33.7 Å². The summed E-state index contributed by atoms with van der Waals surface area (Å²) < 4.78 is 6.64. The molecule has 0 radical (unpaired) electrons. The molecule has 0 fully saturated rings. The Morgan fingerprint density at radius 3 is 2.46 bits per heavy atom. The Bertz CT molecular complexity index is 942. The number of hydrogen-bond donors (Lipinski definition) is 1. The molecule has 0 saturated carbocycles. The monoisotopic (exact) mass is 358 g/mol. The molecule has 0 aliphatic rings. The Kier molecular flexibility index (Phi) is 4.34. The largest absolute Gasteiger partial charge is 0.497 e. The predicted molar refractivity (Wildman–Crippen MR) is 94.7 cm³/mol. The van der Waals surface area contributed by atoms with E-state index in [0.29, 0.717) is 32.7 Å². The summed E-state index contributed by atoms with van der Waals surface area (Å²) in [5.74, 6) is 0.953. The second-order valence-corrected chi connectivity index (χ2v) is 5.80. The van der Waals surface area contributed by atoms with Gasteiger partial charge in [0, 0.05) is 10.6 Å². The number of nitriles is 1. The Labute approximate surface area is 148 Å². The van der Waals surface area contributed by atoms with Crippen LogP contribution in [0.4, 0.5) is 5.82 Å². The predicted octanol–water partition coefficient (Wildman–Crippen LogP) is 4.31. The van der Waals surface area contributed by atoms with E-state index in [0.717, 1.165) is 0 Å². The van der Waals surface area contributed by atoms with Gasteiger partial charge in [0.2, 0.25) is 0 Å². The molecule has 120 valence electrons. The lowest BCUT2D eigenvalue weighted by atomic mass is 10.1. The average molecular weight is 359 g/mol. The van der Waals surface area contributed by atoms with Crippen LogP contribution in [0.25, 0.3) is 16.9 Å². The number of nitrogens with two attached hydrogens (primary N) is 1. The van der Waals surface area contributed by atoms with Gasteiger partial charge in [-0.3, -0.25) is 0 Å². The molecule has 0 atom stereocenters. The first kappa shape index (κ1) is 16.2. The van der Waals surface area contributed by atoms with E-state index in [1.807, 2.05) is 0 Å². The van der Waals surface area contributed by atoms with Crippen molar-refractivity contribution in [1.29, 1.82) is 5.26 Å². The van der Waals surface area contributed by atoms with Gasteiger partial charge in [-0.25, -0.2) is 4.68 Å². The van der Waals surface area contributed by atoms with Crippen LogP contribution in [-0.4, -0.2) is 16.9 Å². The van der Waals surface area contributed by atoms with Crippen molar-refractivity contribution in [2.24, 2.45) is 0 Å². The SMILES string of the molecule is COc1ccc(-n2nc(-c3ccc(Cl)cc3Cl)c(C#N)c2N)cc1.